The van der Waals surface area contributed by atoms with Gasteiger partial charge in [0.05, 0.1) is 38.1 Å². The van der Waals surface area contributed by atoms with Crippen molar-refractivity contribution in [3.8, 4) is 0 Å². The molecule has 1 saturated carbocycles. The minimum absolute atomic E-state index is 0.0273. The molecular weight excluding hydrogens is 746 g/mol. The molecule has 0 radical (unpaired) electrons. The minimum Gasteiger partial charge on any atom is -0.497 e. The SMILES string of the molecule is C=CCC1/C=C(\C)C[C@H](C)C/C(OC)=C2\O[C@@](O)(C(=O)C(=O)N3CCCCC3(C=O)COC(/C(C)=C/[C@@H]3CC[C@@H](O)[C@H](OC)C3)C(C)C(O)CC1=O)[C@H](C)C[C@@H]2OC. The third-order valence-electron chi connectivity index (χ3n) is 12.9. The highest BCUT2D eigenvalue weighted by atomic mass is 16.7. The number of ketones is 2. The molecule has 4 rings (SSSR count). The van der Waals surface area contributed by atoms with E-state index in [1.165, 1.54) is 19.1 Å². The van der Waals surface area contributed by atoms with Crippen LogP contribution in [0.5, 0.6) is 0 Å². The van der Waals surface area contributed by atoms with E-state index in [0.717, 1.165) is 11.1 Å². The second-order valence-electron chi connectivity index (χ2n) is 17.4. The lowest BCUT2D eigenvalue weighted by molar-refractivity contribution is -0.238. The molecule has 4 aliphatic rings. The molecule has 0 aromatic carbocycles. The third kappa shape index (κ3) is 10.8. The van der Waals surface area contributed by atoms with Gasteiger partial charge in [0.25, 0.3) is 17.5 Å². The molecule has 2 saturated heterocycles. The summed E-state index contributed by atoms with van der Waals surface area (Å²) in [5, 5.41) is 34.3. The van der Waals surface area contributed by atoms with Crippen molar-refractivity contribution in [1.82, 2.24) is 4.90 Å². The van der Waals surface area contributed by atoms with Crippen LogP contribution >= 0.6 is 0 Å². The molecule has 3 N–H and O–H groups in total. The number of ether oxygens (including phenoxy) is 5. The standard InChI is InChI=1S/C45H69NO12/c1-10-13-33-19-27(2)18-28(3)20-38(55-8)41-39(56-9)22-30(5)45(53,58-41)42(51)43(52)46-17-12-11-16-44(46,25-47)26-57-40(31(6)35(49)24-36(33)50)29(4)21-32-14-15-34(48)37(23-32)54-7/h10,19,21,25,28,30-35,37,39-40,48-49,53H,1,11-18,20,22-24,26H2,2-9H3/b27-19+,29-21+,41-38+/t28-,30+,31?,32-,33?,34+,35?,37+,39-,40?,44?,45+/m0/s1. The van der Waals surface area contributed by atoms with Crippen molar-refractivity contribution >= 4 is 23.8 Å². The van der Waals surface area contributed by atoms with Crippen LogP contribution in [0, 0.1) is 29.6 Å². The number of allylic oxidation sites excluding steroid dienone is 5. The topological polar surface area (TPSA) is 178 Å². The highest BCUT2D eigenvalue weighted by molar-refractivity contribution is 6.39. The summed E-state index contributed by atoms with van der Waals surface area (Å²) in [6.45, 7) is 12.9. The third-order valence-corrected chi connectivity index (χ3v) is 12.9. The van der Waals surface area contributed by atoms with Gasteiger partial charge < -0.3 is 48.7 Å². The Morgan fingerprint density at radius 2 is 1.74 bits per heavy atom. The van der Waals surface area contributed by atoms with Crippen LogP contribution in [0.2, 0.25) is 0 Å². The normalized spacial score (nSPS) is 40.3. The minimum atomic E-state index is -2.58. The van der Waals surface area contributed by atoms with Crippen LogP contribution in [0.4, 0.5) is 0 Å². The van der Waals surface area contributed by atoms with Gasteiger partial charge in [0.15, 0.2) is 5.76 Å². The Morgan fingerprint density at radius 3 is 2.38 bits per heavy atom. The predicted octanol–water partition coefficient (Wildman–Crippen LogP) is 5.16. The first-order valence-electron chi connectivity index (χ1n) is 21.0. The molecule has 2 bridgehead atoms. The molecule has 326 valence electrons. The molecule has 12 atom stereocenters. The van der Waals surface area contributed by atoms with Crippen molar-refractivity contribution in [2.45, 2.75) is 147 Å². The molecule has 3 heterocycles. The van der Waals surface area contributed by atoms with Gasteiger partial charge in [-0.15, -0.1) is 6.58 Å². The first-order valence-corrected chi connectivity index (χ1v) is 21.0. The van der Waals surface area contributed by atoms with Crippen LogP contribution in [0.1, 0.15) is 105 Å². The fourth-order valence-corrected chi connectivity index (χ4v) is 9.38. The van der Waals surface area contributed by atoms with Crippen LogP contribution in [-0.4, -0.2) is 120 Å². The van der Waals surface area contributed by atoms with Gasteiger partial charge in [0.2, 0.25) is 0 Å². The molecule has 0 aromatic rings. The molecule has 58 heavy (non-hydrogen) atoms. The average Bonchev–Trinajstić information content (AvgIpc) is 3.20. The second-order valence-corrected chi connectivity index (χ2v) is 17.4. The quantitative estimate of drug-likeness (QED) is 0.167. The highest BCUT2D eigenvalue weighted by Gasteiger charge is 2.56. The van der Waals surface area contributed by atoms with E-state index < -0.39 is 65.2 Å². The summed E-state index contributed by atoms with van der Waals surface area (Å²) in [4.78, 5) is 57.2. The average molecular weight is 816 g/mol. The zero-order chi connectivity index (χ0) is 42.9. The van der Waals surface area contributed by atoms with E-state index in [1.807, 2.05) is 32.9 Å². The van der Waals surface area contributed by atoms with Crippen molar-refractivity contribution in [3.05, 3.63) is 47.5 Å². The number of fused-ring (bicyclic) bond motifs is 3. The smallest absolute Gasteiger partial charge is 0.297 e. The Hall–Kier alpha value is -3.20. The Morgan fingerprint density at radius 1 is 1.02 bits per heavy atom. The zero-order valence-electron chi connectivity index (χ0n) is 35.9. The lowest BCUT2D eigenvalue weighted by atomic mass is 9.81. The number of methoxy groups -OCH3 is 3. The van der Waals surface area contributed by atoms with E-state index >= 15 is 0 Å². The van der Waals surface area contributed by atoms with Crippen LogP contribution in [0.3, 0.4) is 0 Å². The van der Waals surface area contributed by atoms with E-state index in [-0.39, 0.29) is 61.9 Å². The highest BCUT2D eigenvalue weighted by Crippen LogP contribution is 2.41. The van der Waals surface area contributed by atoms with E-state index in [4.69, 9.17) is 23.7 Å². The van der Waals surface area contributed by atoms with Gasteiger partial charge in [-0.1, -0.05) is 44.6 Å². The van der Waals surface area contributed by atoms with E-state index in [1.54, 1.807) is 27.0 Å². The Labute approximate surface area is 344 Å². The molecule has 3 fully saturated rings. The van der Waals surface area contributed by atoms with Crippen molar-refractivity contribution < 1.29 is 58.2 Å². The second kappa shape index (κ2) is 20.9. The summed E-state index contributed by atoms with van der Waals surface area (Å²) >= 11 is 0. The van der Waals surface area contributed by atoms with Gasteiger partial charge in [0, 0.05) is 51.4 Å². The molecule has 1 aliphatic carbocycles. The number of carbonyl (C=O) groups is 4. The number of hydrogen-bond donors (Lipinski definition) is 3. The zero-order valence-corrected chi connectivity index (χ0v) is 35.9. The summed E-state index contributed by atoms with van der Waals surface area (Å²) in [7, 11) is 4.54. The monoisotopic (exact) mass is 815 g/mol. The number of aliphatic hydroxyl groups excluding tert-OH is 2. The van der Waals surface area contributed by atoms with Crippen molar-refractivity contribution in [2.75, 3.05) is 34.5 Å². The molecule has 3 aliphatic heterocycles. The van der Waals surface area contributed by atoms with Crippen LogP contribution in [-0.2, 0) is 42.9 Å². The molecule has 1 amide bonds. The van der Waals surface area contributed by atoms with Crippen molar-refractivity contribution in [1.29, 1.82) is 0 Å². The van der Waals surface area contributed by atoms with Crippen molar-refractivity contribution in [3.63, 3.8) is 0 Å². The first kappa shape index (κ1) is 47.5. The van der Waals surface area contributed by atoms with Crippen molar-refractivity contribution in [2.24, 2.45) is 29.6 Å². The number of amides is 1. The number of aliphatic hydroxyl groups is 3. The summed E-state index contributed by atoms with van der Waals surface area (Å²) in [6.07, 6.45) is 7.16. The first-order chi connectivity index (χ1) is 27.5. The number of nitrogens with zero attached hydrogens (tertiary/aromatic N) is 1. The molecule has 0 spiro atoms. The van der Waals surface area contributed by atoms with E-state index in [0.29, 0.717) is 63.4 Å². The lowest BCUT2D eigenvalue weighted by Gasteiger charge is -2.46. The number of hydrogen-bond acceptors (Lipinski definition) is 12. The van der Waals surface area contributed by atoms with Gasteiger partial charge >= 0.3 is 0 Å². The maximum absolute atomic E-state index is 14.4. The van der Waals surface area contributed by atoms with Gasteiger partial charge in [-0.25, -0.2) is 0 Å². The largest absolute Gasteiger partial charge is 0.497 e. The fraction of sp³-hybridized carbons (Fsp3) is 0.733. The Kier molecular flexibility index (Phi) is 17.1. The number of carbonyl (C=O) groups excluding carboxylic acids is 4. The number of rotatable bonds is 8. The van der Waals surface area contributed by atoms with Gasteiger partial charge in [-0.2, -0.15) is 0 Å². The Bertz CT molecular complexity index is 1570. The molecule has 0 aromatic heterocycles. The predicted molar refractivity (Wildman–Crippen MR) is 217 cm³/mol. The fourth-order valence-electron chi connectivity index (χ4n) is 9.38. The van der Waals surface area contributed by atoms with E-state index in [2.05, 4.69) is 6.58 Å². The summed E-state index contributed by atoms with van der Waals surface area (Å²) in [5.41, 5.74) is 0.125. The maximum Gasteiger partial charge on any atom is 0.297 e. The number of piperidine rings is 1. The summed E-state index contributed by atoms with van der Waals surface area (Å²) in [5.74, 6) is -6.60. The number of Topliss-reactive ketones (excluding diaryl/α,β-unsaturated/α-hetero) is 2. The van der Waals surface area contributed by atoms with Crippen LogP contribution in [0.25, 0.3) is 0 Å². The maximum atomic E-state index is 14.4. The summed E-state index contributed by atoms with van der Waals surface area (Å²) < 4.78 is 29.9. The lowest BCUT2D eigenvalue weighted by Crippen LogP contribution is -2.65. The molecule has 13 heteroatoms. The Balaban J connectivity index is 1.83. The number of aldehydes is 1. The van der Waals surface area contributed by atoms with Crippen LogP contribution < -0.4 is 0 Å². The molecule has 13 nitrogen and oxygen atoms in total. The van der Waals surface area contributed by atoms with E-state index in [9.17, 15) is 34.5 Å². The summed E-state index contributed by atoms with van der Waals surface area (Å²) in [6, 6.07) is 0. The van der Waals surface area contributed by atoms with Crippen LogP contribution in [0.15, 0.2) is 47.5 Å². The molecular formula is C45H69NO12. The van der Waals surface area contributed by atoms with Gasteiger partial charge in [0.1, 0.15) is 29.5 Å². The molecule has 5 unspecified atom stereocenters. The van der Waals surface area contributed by atoms with Gasteiger partial charge in [-0.3, -0.25) is 14.4 Å². The van der Waals surface area contributed by atoms with Gasteiger partial charge in [-0.05, 0) is 89.0 Å².